The van der Waals surface area contributed by atoms with Crippen LogP contribution in [0.2, 0.25) is 0 Å². The number of carbonyl (C=O) groups is 1. The average molecular weight is 653 g/mol. The highest BCUT2D eigenvalue weighted by atomic mass is 31.2. The zero-order valence-corrected chi connectivity index (χ0v) is 29.3. The summed E-state index contributed by atoms with van der Waals surface area (Å²) >= 11 is 0. The molecule has 0 radical (unpaired) electrons. The van der Waals surface area contributed by atoms with Crippen LogP contribution in [0.1, 0.15) is 168 Å². The second-order valence-corrected chi connectivity index (χ2v) is 13.7. The van der Waals surface area contributed by atoms with E-state index in [2.05, 4.69) is 13.8 Å². The Morgan fingerprint density at radius 3 is 1.48 bits per heavy atom. The van der Waals surface area contributed by atoms with Crippen molar-refractivity contribution in [3.8, 4) is 0 Å². The Kier molecular flexibility index (Phi) is 32.0. The molecule has 0 amide bonds. The fourth-order valence-corrected chi connectivity index (χ4v) is 5.79. The van der Waals surface area contributed by atoms with Gasteiger partial charge in [-0.25, -0.2) is 4.57 Å². The summed E-state index contributed by atoms with van der Waals surface area (Å²) in [6, 6.07) is 0. The standard InChI is InChI=1S/C34H69O9P/c1-3-5-7-9-11-13-14-15-16-17-19-21-23-25-27-40-30-33(31-42-44(38,39)41-29-32(36)28-35)43-34(37)26-24-22-20-18-12-10-8-6-4-2/h32-33,35-36H,3-31H2,1-2H3,(H,38,39)/t32-,33+/m0/s1. The van der Waals surface area contributed by atoms with Gasteiger partial charge in [-0.1, -0.05) is 149 Å². The van der Waals surface area contributed by atoms with Gasteiger partial charge in [-0.2, -0.15) is 0 Å². The monoisotopic (exact) mass is 652 g/mol. The van der Waals surface area contributed by atoms with Crippen molar-refractivity contribution in [3.05, 3.63) is 0 Å². The van der Waals surface area contributed by atoms with Gasteiger partial charge in [0.25, 0.3) is 0 Å². The summed E-state index contributed by atoms with van der Waals surface area (Å²) in [5.74, 6) is -0.383. The SMILES string of the molecule is CCCCCCCCCCCCCCCCOC[C@H](COP(=O)(O)OC[C@@H](O)CO)OC(=O)CCCCCCCCCCC. The van der Waals surface area contributed by atoms with Crippen LogP contribution in [0.5, 0.6) is 0 Å². The zero-order valence-electron chi connectivity index (χ0n) is 28.4. The fraction of sp³-hybridized carbons (Fsp3) is 0.971. The van der Waals surface area contributed by atoms with E-state index in [0.717, 1.165) is 32.1 Å². The van der Waals surface area contributed by atoms with E-state index in [-0.39, 0.29) is 25.6 Å². The minimum absolute atomic E-state index is 0.0568. The summed E-state index contributed by atoms with van der Waals surface area (Å²) in [6.07, 6.45) is 26.3. The molecule has 0 aromatic rings. The van der Waals surface area contributed by atoms with Crippen molar-refractivity contribution in [2.75, 3.05) is 33.0 Å². The lowest BCUT2D eigenvalue weighted by Crippen LogP contribution is -2.29. The number of phosphoric acid groups is 1. The molecule has 0 saturated carbocycles. The number of phosphoric ester groups is 1. The van der Waals surface area contributed by atoms with Gasteiger partial charge in [0.1, 0.15) is 12.2 Å². The molecule has 264 valence electrons. The number of rotatable bonds is 35. The molecule has 3 atom stereocenters. The van der Waals surface area contributed by atoms with Crippen LogP contribution in [0.3, 0.4) is 0 Å². The van der Waals surface area contributed by atoms with E-state index in [1.54, 1.807) is 0 Å². The van der Waals surface area contributed by atoms with Crippen LogP contribution in [0.4, 0.5) is 0 Å². The molecule has 0 aliphatic carbocycles. The predicted octanol–water partition coefficient (Wildman–Crippen LogP) is 8.80. The first kappa shape index (κ1) is 43.5. The second-order valence-electron chi connectivity index (χ2n) is 12.3. The predicted molar refractivity (Wildman–Crippen MR) is 178 cm³/mol. The molecule has 0 aromatic carbocycles. The van der Waals surface area contributed by atoms with E-state index in [0.29, 0.717) is 6.61 Å². The minimum atomic E-state index is -4.50. The lowest BCUT2D eigenvalue weighted by molar-refractivity contribution is -0.154. The summed E-state index contributed by atoms with van der Waals surface area (Å²) in [4.78, 5) is 22.3. The highest BCUT2D eigenvalue weighted by Gasteiger charge is 2.26. The van der Waals surface area contributed by atoms with Crippen molar-refractivity contribution in [3.63, 3.8) is 0 Å². The van der Waals surface area contributed by atoms with Crippen LogP contribution < -0.4 is 0 Å². The van der Waals surface area contributed by atoms with Gasteiger partial charge >= 0.3 is 13.8 Å². The van der Waals surface area contributed by atoms with Gasteiger partial charge in [0, 0.05) is 13.0 Å². The molecule has 0 spiro atoms. The molecule has 1 unspecified atom stereocenters. The molecule has 44 heavy (non-hydrogen) atoms. The highest BCUT2D eigenvalue weighted by molar-refractivity contribution is 7.47. The highest BCUT2D eigenvalue weighted by Crippen LogP contribution is 2.43. The topological polar surface area (TPSA) is 132 Å². The fourth-order valence-electron chi connectivity index (χ4n) is 5.00. The van der Waals surface area contributed by atoms with Crippen molar-refractivity contribution in [1.82, 2.24) is 0 Å². The van der Waals surface area contributed by atoms with Gasteiger partial charge in [-0.3, -0.25) is 13.8 Å². The molecule has 0 aliphatic heterocycles. The van der Waals surface area contributed by atoms with E-state index in [4.69, 9.17) is 23.6 Å². The van der Waals surface area contributed by atoms with Crippen LogP contribution in [0.15, 0.2) is 0 Å². The molecular weight excluding hydrogens is 583 g/mol. The Balaban J connectivity index is 4.19. The van der Waals surface area contributed by atoms with Gasteiger partial charge in [-0.05, 0) is 12.8 Å². The second kappa shape index (κ2) is 32.4. The average Bonchev–Trinajstić information content (AvgIpc) is 3.01. The lowest BCUT2D eigenvalue weighted by Gasteiger charge is -2.20. The van der Waals surface area contributed by atoms with Crippen LogP contribution in [0, 0.1) is 0 Å². The maximum atomic E-state index is 12.5. The molecule has 0 heterocycles. The summed E-state index contributed by atoms with van der Waals surface area (Å²) in [7, 11) is -4.50. The molecule has 3 N–H and O–H groups in total. The Morgan fingerprint density at radius 2 is 1.02 bits per heavy atom. The number of unbranched alkanes of at least 4 members (excludes halogenated alkanes) is 21. The molecule has 0 aliphatic rings. The molecule has 0 fully saturated rings. The van der Waals surface area contributed by atoms with Crippen molar-refractivity contribution in [2.24, 2.45) is 0 Å². The zero-order chi connectivity index (χ0) is 32.6. The number of aliphatic hydroxyl groups excluding tert-OH is 2. The Bertz CT molecular complexity index is 665. The number of hydrogen-bond donors (Lipinski definition) is 3. The Hall–Kier alpha value is -0.540. The van der Waals surface area contributed by atoms with Crippen LogP contribution in [0.25, 0.3) is 0 Å². The van der Waals surface area contributed by atoms with Crippen LogP contribution >= 0.6 is 7.82 Å². The van der Waals surface area contributed by atoms with Gasteiger partial charge in [-0.15, -0.1) is 0 Å². The van der Waals surface area contributed by atoms with E-state index in [9.17, 15) is 19.4 Å². The van der Waals surface area contributed by atoms with E-state index in [1.807, 2.05) is 0 Å². The first-order valence-electron chi connectivity index (χ1n) is 18.0. The Labute approximate surface area is 269 Å². The third kappa shape index (κ3) is 31.4. The molecule has 0 rings (SSSR count). The number of carbonyl (C=O) groups excluding carboxylic acids is 1. The molecule has 0 saturated heterocycles. The third-order valence-electron chi connectivity index (χ3n) is 7.79. The number of hydrogen-bond acceptors (Lipinski definition) is 8. The molecule has 0 aromatic heterocycles. The van der Waals surface area contributed by atoms with Crippen molar-refractivity contribution in [2.45, 2.75) is 180 Å². The first-order chi connectivity index (χ1) is 21.3. The van der Waals surface area contributed by atoms with Gasteiger partial charge in [0.15, 0.2) is 0 Å². The van der Waals surface area contributed by atoms with E-state index in [1.165, 1.54) is 116 Å². The lowest BCUT2D eigenvalue weighted by atomic mass is 10.0. The van der Waals surface area contributed by atoms with Crippen LogP contribution in [-0.2, 0) is 27.9 Å². The third-order valence-corrected chi connectivity index (χ3v) is 8.74. The first-order valence-corrected chi connectivity index (χ1v) is 19.5. The molecule has 0 bridgehead atoms. The smallest absolute Gasteiger partial charge is 0.457 e. The van der Waals surface area contributed by atoms with Gasteiger partial charge in [0.05, 0.1) is 26.4 Å². The van der Waals surface area contributed by atoms with E-state index < -0.39 is 33.2 Å². The number of aliphatic hydroxyl groups is 2. The van der Waals surface area contributed by atoms with Crippen molar-refractivity contribution >= 4 is 13.8 Å². The van der Waals surface area contributed by atoms with Crippen LogP contribution in [-0.4, -0.2) is 66.3 Å². The van der Waals surface area contributed by atoms with Gasteiger partial charge < -0.3 is 24.6 Å². The maximum Gasteiger partial charge on any atom is 0.472 e. The minimum Gasteiger partial charge on any atom is -0.457 e. The summed E-state index contributed by atoms with van der Waals surface area (Å²) in [5.41, 5.74) is 0. The van der Waals surface area contributed by atoms with Gasteiger partial charge in [0.2, 0.25) is 0 Å². The number of esters is 1. The largest absolute Gasteiger partial charge is 0.472 e. The van der Waals surface area contributed by atoms with Crippen molar-refractivity contribution < 1.29 is 43.0 Å². The molecule has 10 heteroatoms. The maximum absolute atomic E-state index is 12.5. The van der Waals surface area contributed by atoms with Crippen molar-refractivity contribution in [1.29, 1.82) is 0 Å². The normalized spacial score (nSPS) is 14.4. The summed E-state index contributed by atoms with van der Waals surface area (Å²) < 4.78 is 33.1. The Morgan fingerprint density at radius 1 is 0.614 bits per heavy atom. The quantitative estimate of drug-likeness (QED) is 0.0349. The number of ether oxygens (including phenoxy) is 2. The molecule has 9 nitrogen and oxygen atoms in total. The summed E-state index contributed by atoms with van der Waals surface area (Å²) in [5, 5.41) is 18.2. The molecular formula is C34H69O9P. The van der Waals surface area contributed by atoms with E-state index >= 15 is 0 Å². The summed E-state index contributed by atoms with van der Waals surface area (Å²) in [6.45, 7) is 3.51.